The second-order valence-electron chi connectivity index (χ2n) is 4.15. The van der Waals surface area contributed by atoms with Crippen LogP contribution in [0.2, 0.25) is 5.02 Å². The lowest BCUT2D eigenvalue weighted by Crippen LogP contribution is -2.17. The van der Waals surface area contributed by atoms with Crippen LogP contribution in [0, 0.1) is 5.82 Å². The van der Waals surface area contributed by atoms with Crippen molar-refractivity contribution in [2.24, 2.45) is 0 Å². The van der Waals surface area contributed by atoms with Gasteiger partial charge in [-0.3, -0.25) is 4.79 Å². The Labute approximate surface area is 121 Å². The van der Waals surface area contributed by atoms with Gasteiger partial charge in [-0.05, 0) is 42.0 Å². The van der Waals surface area contributed by atoms with E-state index in [0.717, 1.165) is 0 Å². The molecule has 0 heterocycles. The number of amides is 1. The van der Waals surface area contributed by atoms with Gasteiger partial charge in [0.05, 0.1) is 7.11 Å². The zero-order chi connectivity index (χ0) is 14.7. The Morgan fingerprint density at radius 1 is 1.25 bits per heavy atom. The van der Waals surface area contributed by atoms with Gasteiger partial charge in [0.2, 0.25) is 0 Å². The standard InChI is InChI=1S/C15H13ClFNO2/c1-18-15(19)9-3-4-14(20-2)13(7-9)10-5-11(16)8-12(17)6-10/h3-8H,1-2H3,(H,18,19). The smallest absolute Gasteiger partial charge is 0.251 e. The van der Waals surface area contributed by atoms with Crippen LogP contribution in [-0.4, -0.2) is 20.1 Å². The van der Waals surface area contributed by atoms with Crippen molar-refractivity contribution < 1.29 is 13.9 Å². The number of ether oxygens (including phenoxy) is 1. The monoisotopic (exact) mass is 293 g/mol. The Kier molecular flexibility index (Phi) is 4.25. The molecule has 3 nitrogen and oxygen atoms in total. The molecule has 0 aliphatic carbocycles. The van der Waals surface area contributed by atoms with E-state index >= 15 is 0 Å². The van der Waals surface area contributed by atoms with Crippen LogP contribution in [0.5, 0.6) is 5.75 Å². The molecule has 5 heteroatoms. The fourth-order valence-corrected chi connectivity index (χ4v) is 2.15. The van der Waals surface area contributed by atoms with E-state index in [1.54, 1.807) is 31.3 Å². The summed E-state index contributed by atoms with van der Waals surface area (Å²) >= 11 is 5.87. The number of methoxy groups -OCH3 is 1. The molecule has 0 aliphatic rings. The zero-order valence-corrected chi connectivity index (χ0v) is 11.8. The third-order valence-corrected chi connectivity index (χ3v) is 3.08. The van der Waals surface area contributed by atoms with E-state index in [9.17, 15) is 9.18 Å². The van der Waals surface area contributed by atoms with Gasteiger partial charge < -0.3 is 10.1 Å². The van der Waals surface area contributed by atoms with Crippen LogP contribution in [0.1, 0.15) is 10.4 Å². The van der Waals surface area contributed by atoms with E-state index in [2.05, 4.69) is 5.32 Å². The number of hydrogen-bond donors (Lipinski definition) is 1. The van der Waals surface area contributed by atoms with Crippen LogP contribution in [-0.2, 0) is 0 Å². The van der Waals surface area contributed by atoms with Crippen LogP contribution in [0.25, 0.3) is 11.1 Å². The van der Waals surface area contributed by atoms with Gasteiger partial charge in [-0.25, -0.2) is 4.39 Å². The first kappa shape index (κ1) is 14.3. The average molecular weight is 294 g/mol. The molecular formula is C15H13ClFNO2. The van der Waals surface area contributed by atoms with Crippen molar-refractivity contribution in [1.29, 1.82) is 0 Å². The predicted molar refractivity (Wildman–Crippen MR) is 76.8 cm³/mol. The van der Waals surface area contributed by atoms with Crippen molar-refractivity contribution >= 4 is 17.5 Å². The Morgan fingerprint density at radius 3 is 2.60 bits per heavy atom. The van der Waals surface area contributed by atoms with Gasteiger partial charge in [-0.1, -0.05) is 11.6 Å². The molecule has 0 radical (unpaired) electrons. The molecular weight excluding hydrogens is 281 g/mol. The summed E-state index contributed by atoms with van der Waals surface area (Å²) < 4.78 is 18.7. The highest BCUT2D eigenvalue weighted by molar-refractivity contribution is 6.30. The van der Waals surface area contributed by atoms with Gasteiger partial charge in [-0.2, -0.15) is 0 Å². The minimum absolute atomic E-state index is 0.226. The summed E-state index contributed by atoms with van der Waals surface area (Å²) in [4.78, 5) is 11.7. The molecule has 1 amide bonds. The number of hydrogen-bond acceptors (Lipinski definition) is 2. The Morgan fingerprint density at radius 2 is 2.00 bits per heavy atom. The van der Waals surface area contributed by atoms with Crippen LogP contribution >= 0.6 is 11.6 Å². The van der Waals surface area contributed by atoms with Gasteiger partial charge in [0.15, 0.2) is 0 Å². The first-order valence-electron chi connectivity index (χ1n) is 5.91. The molecule has 0 unspecified atom stereocenters. The van der Waals surface area contributed by atoms with E-state index < -0.39 is 5.82 Å². The van der Waals surface area contributed by atoms with Crippen molar-refractivity contribution in [1.82, 2.24) is 5.32 Å². The highest BCUT2D eigenvalue weighted by Crippen LogP contribution is 2.33. The lowest BCUT2D eigenvalue weighted by molar-refractivity contribution is 0.0963. The summed E-state index contributed by atoms with van der Waals surface area (Å²) in [6.45, 7) is 0. The van der Waals surface area contributed by atoms with Gasteiger partial charge in [0.1, 0.15) is 11.6 Å². The highest BCUT2D eigenvalue weighted by atomic mass is 35.5. The molecule has 2 aromatic carbocycles. The molecule has 0 saturated carbocycles. The topological polar surface area (TPSA) is 38.3 Å². The quantitative estimate of drug-likeness (QED) is 0.940. The molecule has 2 aromatic rings. The van der Waals surface area contributed by atoms with E-state index in [-0.39, 0.29) is 10.9 Å². The molecule has 0 aromatic heterocycles. The van der Waals surface area contributed by atoms with Crippen LogP contribution in [0.4, 0.5) is 4.39 Å². The van der Waals surface area contributed by atoms with Crippen molar-refractivity contribution in [2.45, 2.75) is 0 Å². The molecule has 104 valence electrons. The number of halogens is 2. The van der Waals surface area contributed by atoms with E-state index in [0.29, 0.717) is 22.4 Å². The molecule has 0 fully saturated rings. The number of carbonyl (C=O) groups excluding carboxylic acids is 1. The summed E-state index contributed by atoms with van der Waals surface area (Å²) in [5, 5.41) is 2.82. The van der Waals surface area contributed by atoms with Crippen molar-refractivity contribution in [3.05, 3.63) is 52.8 Å². The Bertz CT molecular complexity index is 638. The lowest BCUT2D eigenvalue weighted by Gasteiger charge is -2.11. The van der Waals surface area contributed by atoms with E-state index in [1.807, 2.05) is 0 Å². The summed E-state index contributed by atoms with van der Waals surface area (Å²) in [5.41, 5.74) is 1.62. The minimum atomic E-state index is -0.445. The molecule has 0 saturated heterocycles. The van der Waals surface area contributed by atoms with Gasteiger partial charge >= 0.3 is 0 Å². The first-order valence-corrected chi connectivity index (χ1v) is 6.29. The average Bonchev–Trinajstić information content (AvgIpc) is 2.44. The fourth-order valence-electron chi connectivity index (χ4n) is 1.93. The largest absolute Gasteiger partial charge is 0.496 e. The zero-order valence-electron chi connectivity index (χ0n) is 11.0. The second-order valence-corrected chi connectivity index (χ2v) is 4.59. The summed E-state index contributed by atoms with van der Waals surface area (Å²) in [7, 11) is 3.06. The van der Waals surface area contributed by atoms with Crippen molar-refractivity contribution in [3.63, 3.8) is 0 Å². The third-order valence-electron chi connectivity index (χ3n) is 2.86. The summed E-state index contributed by atoms with van der Waals surface area (Å²) in [5.74, 6) is -0.129. The first-order chi connectivity index (χ1) is 9.55. The molecule has 0 spiro atoms. The number of carbonyl (C=O) groups is 1. The molecule has 1 N–H and O–H groups in total. The second kappa shape index (κ2) is 5.92. The molecule has 0 atom stereocenters. The lowest BCUT2D eigenvalue weighted by atomic mass is 10.0. The van der Waals surface area contributed by atoms with Crippen LogP contribution in [0.15, 0.2) is 36.4 Å². The highest BCUT2D eigenvalue weighted by Gasteiger charge is 2.12. The van der Waals surface area contributed by atoms with Gasteiger partial charge in [-0.15, -0.1) is 0 Å². The molecule has 2 rings (SSSR count). The van der Waals surface area contributed by atoms with E-state index in [1.165, 1.54) is 19.2 Å². The maximum Gasteiger partial charge on any atom is 0.251 e. The molecule has 20 heavy (non-hydrogen) atoms. The van der Waals surface area contributed by atoms with E-state index in [4.69, 9.17) is 16.3 Å². The van der Waals surface area contributed by atoms with Gasteiger partial charge in [0.25, 0.3) is 5.91 Å². The number of benzene rings is 2. The maximum atomic E-state index is 13.5. The SMILES string of the molecule is CNC(=O)c1ccc(OC)c(-c2cc(F)cc(Cl)c2)c1. The fraction of sp³-hybridized carbons (Fsp3) is 0.133. The third kappa shape index (κ3) is 2.91. The van der Waals surface area contributed by atoms with Crippen molar-refractivity contribution in [2.75, 3.05) is 14.2 Å². The van der Waals surface area contributed by atoms with Gasteiger partial charge in [0, 0.05) is 23.2 Å². The summed E-state index contributed by atoms with van der Waals surface area (Å²) in [6, 6.07) is 9.14. The number of rotatable bonds is 3. The Hall–Kier alpha value is -2.07. The predicted octanol–water partition coefficient (Wildman–Crippen LogP) is 3.51. The van der Waals surface area contributed by atoms with Crippen LogP contribution in [0.3, 0.4) is 0 Å². The minimum Gasteiger partial charge on any atom is -0.496 e. The van der Waals surface area contributed by atoms with Crippen molar-refractivity contribution in [3.8, 4) is 16.9 Å². The molecule has 0 bridgehead atoms. The van der Waals surface area contributed by atoms with Crippen LogP contribution < -0.4 is 10.1 Å². The summed E-state index contributed by atoms with van der Waals surface area (Å²) in [6.07, 6.45) is 0. The maximum absolute atomic E-state index is 13.5. The Balaban J connectivity index is 2.60. The normalized spacial score (nSPS) is 10.2. The number of nitrogens with one attached hydrogen (secondary N) is 1. The molecule has 0 aliphatic heterocycles.